The van der Waals surface area contributed by atoms with Crippen molar-refractivity contribution in [2.24, 2.45) is 5.73 Å². The molecular formula is C23H21N5O5S2. The summed E-state index contributed by atoms with van der Waals surface area (Å²) in [5.41, 5.74) is 8.94. The zero-order valence-corrected chi connectivity index (χ0v) is 20.6. The number of esters is 2. The SMILES string of the molecule is COC(=O)CSc1nnc(N2C(N)=C(C#N)C(c3ccc(C(=O)OC)cc3)C3=C2CCCC3=O)s1. The molecule has 0 saturated carbocycles. The van der Waals surface area contributed by atoms with Crippen LogP contribution in [0.1, 0.15) is 41.1 Å². The number of nitrogens with zero attached hydrogens (tertiary/aromatic N) is 4. The van der Waals surface area contributed by atoms with Gasteiger partial charge in [0.25, 0.3) is 0 Å². The molecule has 0 bridgehead atoms. The highest BCUT2D eigenvalue weighted by atomic mass is 32.2. The van der Waals surface area contributed by atoms with E-state index in [0.29, 0.717) is 51.1 Å². The second-order valence-electron chi connectivity index (χ2n) is 7.65. The molecule has 10 nitrogen and oxygen atoms in total. The Morgan fingerprint density at radius 3 is 2.63 bits per heavy atom. The average molecular weight is 512 g/mol. The molecule has 0 amide bonds. The Balaban J connectivity index is 1.77. The summed E-state index contributed by atoms with van der Waals surface area (Å²) in [4.78, 5) is 38.1. The van der Waals surface area contributed by atoms with Crippen molar-refractivity contribution in [2.75, 3.05) is 24.9 Å². The van der Waals surface area contributed by atoms with Gasteiger partial charge in [0.05, 0.1) is 43.1 Å². The molecule has 2 aliphatic rings. The predicted molar refractivity (Wildman–Crippen MR) is 128 cm³/mol. The van der Waals surface area contributed by atoms with Crippen LogP contribution in [0.2, 0.25) is 0 Å². The number of anilines is 1. The normalized spacial score (nSPS) is 17.7. The highest BCUT2D eigenvalue weighted by Crippen LogP contribution is 2.47. The lowest BCUT2D eigenvalue weighted by Gasteiger charge is -2.38. The fraction of sp³-hybridized carbons (Fsp3) is 0.304. The largest absolute Gasteiger partial charge is 0.468 e. The van der Waals surface area contributed by atoms with Crippen molar-refractivity contribution in [1.29, 1.82) is 5.26 Å². The summed E-state index contributed by atoms with van der Waals surface area (Å²) in [6, 6.07) is 8.79. The second kappa shape index (κ2) is 10.3. The summed E-state index contributed by atoms with van der Waals surface area (Å²) in [5, 5.41) is 18.8. The Bertz CT molecular complexity index is 1290. The van der Waals surface area contributed by atoms with Gasteiger partial charge in [-0.2, -0.15) is 5.26 Å². The van der Waals surface area contributed by atoms with Crippen LogP contribution >= 0.6 is 23.1 Å². The fourth-order valence-electron chi connectivity index (χ4n) is 4.10. The van der Waals surface area contributed by atoms with Crippen molar-refractivity contribution in [3.05, 3.63) is 58.1 Å². The number of nitrogens with two attached hydrogens (primary N) is 1. The molecule has 0 spiro atoms. The minimum absolute atomic E-state index is 0.0663. The minimum atomic E-state index is -0.660. The molecule has 0 radical (unpaired) electrons. The first-order valence-electron chi connectivity index (χ1n) is 10.6. The third kappa shape index (κ3) is 4.65. The monoisotopic (exact) mass is 511 g/mol. The maximum atomic E-state index is 13.2. The van der Waals surface area contributed by atoms with Gasteiger partial charge in [0.15, 0.2) is 10.1 Å². The van der Waals surface area contributed by atoms with Crippen LogP contribution in [0.4, 0.5) is 5.13 Å². The van der Waals surface area contributed by atoms with E-state index >= 15 is 0 Å². The van der Waals surface area contributed by atoms with E-state index in [1.807, 2.05) is 0 Å². The molecule has 1 aliphatic heterocycles. The number of hydrogen-bond acceptors (Lipinski definition) is 12. The van der Waals surface area contributed by atoms with E-state index in [9.17, 15) is 19.6 Å². The molecule has 35 heavy (non-hydrogen) atoms. The quantitative estimate of drug-likeness (QED) is 0.451. The number of nitriles is 1. The number of thioether (sulfide) groups is 1. The fourth-order valence-corrected chi connectivity index (χ4v) is 5.81. The first-order chi connectivity index (χ1) is 16.9. The van der Waals surface area contributed by atoms with E-state index < -0.39 is 11.9 Å². The first-order valence-corrected chi connectivity index (χ1v) is 12.4. The summed E-state index contributed by atoms with van der Waals surface area (Å²) < 4.78 is 9.94. The van der Waals surface area contributed by atoms with Crippen LogP contribution in [0.5, 0.6) is 0 Å². The smallest absolute Gasteiger partial charge is 0.337 e. The Kier molecular flexibility index (Phi) is 7.18. The van der Waals surface area contributed by atoms with Crippen molar-refractivity contribution in [1.82, 2.24) is 10.2 Å². The zero-order valence-electron chi connectivity index (χ0n) is 18.9. The van der Waals surface area contributed by atoms with Gasteiger partial charge in [-0.3, -0.25) is 14.5 Å². The van der Waals surface area contributed by atoms with Gasteiger partial charge in [0, 0.05) is 17.7 Å². The van der Waals surface area contributed by atoms with Crippen LogP contribution < -0.4 is 10.6 Å². The third-order valence-corrected chi connectivity index (χ3v) is 7.72. The molecule has 12 heteroatoms. The number of aromatic nitrogens is 2. The van der Waals surface area contributed by atoms with Crippen molar-refractivity contribution in [3.63, 3.8) is 0 Å². The molecule has 1 aliphatic carbocycles. The lowest BCUT2D eigenvalue weighted by molar-refractivity contribution is -0.137. The van der Waals surface area contributed by atoms with Crippen molar-refractivity contribution < 1.29 is 23.9 Å². The van der Waals surface area contributed by atoms with Gasteiger partial charge in [-0.1, -0.05) is 35.2 Å². The number of hydrogen-bond donors (Lipinski definition) is 1. The number of benzene rings is 1. The van der Waals surface area contributed by atoms with Crippen LogP contribution in [0, 0.1) is 11.3 Å². The number of rotatable bonds is 6. The second-order valence-corrected chi connectivity index (χ2v) is 9.82. The van der Waals surface area contributed by atoms with E-state index in [0.717, 1.165) is 0 Å². The molecule has 2 aromatic rings. The molecule has 2 heterocycles. The van der Waals surface area contributed by atoms with Crippen LogP contribution in [0.15, 0.2) is 51.3 Å². The predicted octanol–water partition coefficient (Wildman–Crippen LogP) is 2.89. The Hall–Kier alpha value is -3.69. The Morgan fingerprint density at radius 2 is 1.97 bits per heavy atom. The van der Waals surface area contributed by atoms with Gasteiger partial charge in [0.2, 0.25) is 5.13 Å². The third-order valence-electron chi connectivity index (χ3n) is 5.71. The van der Waals surface area contributed by atoms with Crippen molar-refractivity contribution in [3.8, 4) is 6.07 Å². The lowest BCUT2D eigenvalue weighted by Crippen LogP contribution is -2.38. The average Bonchev–Trinajstić information content (AvgIpc) is 3.34. The number of carbonyl (C=O) groups excluding carboxylic acids is 3. The number of carbonyl (C=O) groups is 3. The molecule has 1 atom stereocenters. The topological polar surface area (TPSA) is 148 Å². The maximum absolute atomic E-state index is 13.2. The number of allylic oxidation sites excluding steroid dienone is 3. The number of methoxy groups -OCH3 is 2. The Labute approximate surface area is 209 Å². The molecule has 0 saturated heterocycles. The van der Waals surface area contributed by atoms with Gasteiger partial charge in [-0.25, -0.2) is 4.79 Å². The van der Waals surface area contributed by atoms with E-state index in [-0.39, 0.29) is 28.9 Å². The molecule has 1 unspecified atom stereocenters. The minimum Gasteiger partial charge on any atom is -0.468 e. The number of Topliss-reactive ketones (excluding diaryl/α,β-unsaturated/α-hetero) is 1. The molecule has 4 rings (SSSR count). The molecule has 0 fully saturated rings. The summed E-state index contributed by atoms with van der Waals surface area (Å²) in [6.07, 6.45) is 1.57. The molecule has 1 aromatic carbocycles. The van der Waals surface area contributed by atoms with Crippen LogP contribution in [-0.2, 0) is 19.1 Å². The van der Waals surface area contributed by atoms with E-state index in [2.05, 4.69) is 21.0 Å². The molecule has 180 valence electrons. The Morgan fingerprint density at radius 1 is 1.23 bits per heavy atom. The summed E-state index contributed by atoms with van der Waals surface area (Å²) in [6.45, 7) is 0. The molecule has 2 N–H and O–H groups in total. The van der Waals surface area contributed by atoms with E-state index in [1.54, 1.807) is 29.2 Å². The highest BCUT2D eigenvalue weighted by Gasteiger charge is 2.41. The van der Waals surface area contributed by atoms with Gasteiger partial charge in [-0.15, -0.1) is 10.2 Å². The van der Waals surface area contributed by atoms with Crippen LogP contribution in [0.3, 0.4) is 0 Å². The zero-order chi connectivity index (χ0) is 25.1. The summed E-state index contributed by atoms with van der Waals surface area (Å²) in [5.74, 6) is -1.35. The number of ether oxygens (including phenoxy) is 2. The summed E-state index contributed by atoms with van der Waals surface area (Å²) >= 11 is 2.39. The van der Waals surface area contributed by atoms with Gasteiger partial charge in [0.1, 0.15) is 5.82 Å². The van der Waals surface area contributed by atoms with Crippen molar-refractivity contribution in [2.45, 2.75) is 29.5 Å². The summed E-state index contributed by atoms with van der Waals surface area (Å²) in [7, 11) is 2.61. The number of ketones is 1. The highest BCUT2D eigenvalue weighted by molar-refractivity contribution is 8.01. The van der Waals surface area contributed by atoms with Crippen molar-refractivity contribution >= 4 is 46.0 Å². The van der Waals surface area contributed by atoms with Crippen LogP contribution in [0.25, 0.3) is 0 Å². The molecule has 1 aromatic heterocycles. The first kappa shape index (κ1) is 24.4. The van der Waals surface area contributed by atoms with Gasteiger partial charge < -0.3 is 15.2 Å². The van der Waals surface area contributed by atoms with Gasteiger partial charge in [-0.05, 0) is 30.5 Å². The van der Waals surface area contributed by atoms with Gasteiger partial charge >= 0.3 is 11.9 Å². The molecular weight excluding hydrogens is 490 g/mol. The van der Waals surface area contributed by atoms with E-state index in [1.165, 1.54) is 37.3 Å². The lowest BCUT2D eigenvalue weighted by atomic mass is 9.75. The maximum Gasteiger partial charge on any atom is 0.337 e. The standard InChI is InChI=1S/C23H21N5O5S2/c1-32-17(30)11-34-23-27-26-22(35-23)28-15-4-3-5-16(29)19(15)18(14(10-24)20(28)25)12-6-8-13(9-7-12)21(31)33-2/h6-9,18H,3-5,11,25H2,1-2H3. The van der Waals surface area contributed by atoms with Crippen LogP contribution in [-0.4, -0.2) is 47.9 Å². The van der Waals surface area contributed by atoms with E-state index in [4.69, 9.17) is 10.5 Å².